The molecule has 1 aromatic carbocycles. The first kappa shape index (κ1) is 15.5. The highest BCUT2D eigenvalue weighted by Crippen LogP contribution is 2.26. The Labute approximate surface area is 119 Å². The normalized spacial score (nSPS) is 13.5. The van der Waals surface area contributed by atoms with Crippen molar-refractivity contribution < 1.29 is 4.74 Å². The number of rotatable bonds is 4. The molecule has 0 bridgehead atoms. The molecule has 0 aromatic heterocycles. The molecule has 0 saturated carbocycles. The highest BCUT2D eigenvalue weighted by molar-refractivity contribution is 9.10. The predicted octanol–water partition coefficient (Wildman–Crippen LogP) is 4.22. The minimum absolute atomic E-state index is 0.128. The van der Waals surface area contributed by atoms with Crippen LogP contribution in [0.5, 0.6) is 5.75 Å². The maximum atomic E-state index is 5.94. The average molecular weight is 314 g/mol. The molecule has 1 aromatic rings. The van der Waals surface area contributed by atoms with Gasteiger partial charge in [0.2, 0.25) is 0 Å². The van der Waals surface area contributed by atoms with Crippen molar-refractivity contribution in [1.29, 1.82) is 0 Å². The summed E-state index contributed by atoms with van der Waals surface area (Å²) >= 11 is 3.57. The van der Waals surface area contributed by atoms with E-state index in [1.807, 2.05) is 0 Å². The quantitative estimate of drug-likeness (QED) is 0.898. The van der Waals surface area contributed by atoms with E-state index in [1.54, 1.807) is 0 Å². The third-order valence-electron chi connectivity index (χ3n) is 2.67. The first-order valence-corrected chi connectivity index (χ1v) is 7.17. The van der Waals surface area contributed by atoms with Crippen molar-refractivity contribution in [2.45, 2.75) is 53.2 Å². The Morgan fingerprint density at radius 2 is 1.72 bits per heavy atom. The molecular weight excluding hydrogens is 290 g/mol. The molecule has 1 N–H and O–H groups in total. The van der Waals surface area contributed by atoms with E-state index >= 15 is 0 Å². The lowest BCUT2D eigenvalue weighted by molar-refractivity contribution is 0.203. The second kappa shape index (κ2) is 6.07. The average Bonchev–Trinajstić information content (AvgIpc) is 2.22. The van der Waals surface area contributed by atoms with Crippen LogP contribution < -0.4 is 10.1 Å². The minimum Gasteiger partial charge on any atom is -0.489 e. The van der Waals surface area contributed by atoms with Gasteiger partial charge < -0.3 is 10.1 Å². The van der Waals surface area contributed by atoms with Crippen LogP contribution in [0, 0.1) is 13.8 Å². The van der Waals surface area contributed by atoms with Gasteiger partial charge in [-0.15, -0.1) is 0 Å². The summed E-state index contributed by atoms with van der Waals surface area (Å²) in [6.07, 6.45) is 0.157. The standard InChI is InChI=1S/C15H24BrNO/c1-10-7-13(8-11(2)14(10)16)18-12(3)9-17-15(4,5)6/h7-8,12,17H,9H2,1-6H3. The van der Waals surface area contributed by atoms with Crippen LogP contribution in [0.15, 0.2) is 16.6 Å². The zero-order valence-electron chi connectivity index (χ0n) is 12.2. The molecule has 0 saturated heterocycles. The van der Waals surface area contributed by atoms with Crippen LogP contribution in [0.4, 0.5) is 0 Å². The van der Waals surface area contributed by atoms with Crippen molar-refractivity contribution in [3.8, 4) is 5.75 Å². The number of halogens is 1. The fraction of sp³-hybridized carbons (Fsp3) is 0.600. The summed E-state index contributed by atoms with van der Waals surface area (Å²) < 4.78 is 7.11. The molecule has 3 heteroatoms. The second-order valence-electron chi connectivity index (χ2n) is 5.93. The van der Waals surface area contributed by atoms with Crippen LogP contribution >= 0.6 is 15.9 Å². The molecular formula is C15H24BrNO. The highest BCUT2D eigenvalue weighted by Gasteiger charge is 2.12. The molecule has 1 unspecified atom stereocenters. The van der Waals surface area contributed by atoms with Gasteiger partial charge in [0.25, 0.3) is 0 Å². The van der Waals surface area contributed by atoms with Gasteiger partial charge in [0.15, 0.2) is 0 Å². The van der Waals surface area contributed by atoms with Crippen molar-refractivity contribution in [2.24, 2.45) is 0 Å². The molecule has 0 spiro atoms. The van der Waals surface area contributed by atoms with Crippen molar-refractivity contribution in [3.63, 3.8) is 0 Å². The molecule has 2 nitrogen and oxygen atoms in total. The molecule has 0 heterocycles. The molecule has 102 valence electrons. The fourth-order valence-corrected chi connectivity index (χ4v) is 1.93. The number of hydrogen-bond acceptors (Lipinski definition) is 2. The SMILES string of the molecule is Cc1cc(OC(C)CNC(C)(C)C)cc(C)c1Br. The summed E-state index contributed by atoms with van der Waals surface area (Å²) in [5, 5.41) is 3.45. The topological polar surface area (TPSA) is 21.3 Å². The Kier molecular flexibility index (Phi) is 5.23. The van der Waals surface area contributed by atoms with E-state index < -0.39 is 0 Å². The third-order valence-corrected chi connectivity index (χ3v) is 3.92. The van der Waals surface area contributed by atoms with Crippen LogP contribution in [-0.4, -0.2) is 18.2 Å². The van der Waals surface area contributed by atoms with Gasteiger partial charge in [-0.05, 0) is 64.8 Å². The Bertz CT molecular complexity index is 386. The molecule has 1 atom stereocenters. The Morgan fingerprint density at radius 3 is 2.17 bits per heavy atom. The summed E-state index contributed by atoms with van der Waals surface area (Å²) in [6, 6.07) is 4.15. The lowest BCUT2D eigenvalue weighted by Crippen LogP contribution is -2.41. The zero-order valence-corrected chi connectivity index (χ0v) is 13.8. The molecule has 0 aliphatic carbocycles. The van der Waals surface area contributed by atoms with Crippen LogP contribution in [-0.2, 0) is 0 Å². The van der Waals surface area contributed by atoms with Gasteiger partial charge in [-0.25, -0.2) is 0 Å². The third kappa shape index (κ3) is 4.99. The van der Waals surface area contributed by atoms with Crippen molar-refractivity contribution >= 4 is 15.9 Å². The maximum absolute atomic E-state index is 5.94. The second-order valence-corrected chi connectivity index (χ2v) is 6.72. The van der Waals surface area contributed by atoms with Gasteiger partial charge in [-0.2, -0.15) is 0 Å². The number of benzene rings is 1. The van der Waals surface area contributed by atoms with E-state index in [0.29, 0.717) is 0 Å². The molecule has 0 aliphatic heterocycles. The Morgan fingerprint density at radius 1 is 1.22 bits per heavy atom. The van der Waals surface area contributed by atoms with E-state index in [4.69, 9.17) is 4.74 Å². The van der Waals surface area contributed by atoms with Crippen LogP contribution in [0.25, 0.3) is 0 Å². The lowest BCUT2D eigenvalue weighted by atomic mass is 10.1. The summed E-state index contributed by atoms with van der Waals surface area (Å²) in [5.41, 5.74) is 2.55. The zero-order chi connectivity index (χ0) is 13.9. The largest absolute Gasteiger partial charge is 0.489 e. The van der Waals surface area contributed by atoms with Gasteiger partial charge >= 0.3 is 0 Å². The van der Waals surface area contributed by atoms with Crippen molar-refractivity contribution in [2.75, 3.05) is 6.54 Å². The number of aryl methyl sites for hydroxylation is 2. The van der Waals surface area contributed by atoms with Gasteiger partial charge in [0.05, 0.1) is 0 Å². The number of nitrogens with one attached hydrogen (secondary N) is 1. The van der Waals surface area contributed by atoms with Gasteiger partial charge in [-0.1, -0.05) is 15.9 Å². The van der Waals surface area contributed by atoms with Crippen LogP contribution in [0.1, 0.15) is 38.8 Å². The van der Waals surface area contributed by atoms with E-state index in [2.05, 4.69) is 74.9 Å². The van der Waals surface area contributed by atoms with Gasteiger partial charge in [0.1, 0.15) is 11.9 Å². The fourth-order valence-electron chi connectivity index (χ4n) is 1.70. The summed E-state index contributed by atoms with van der Waals surface area (Å²) in [5.74, 6) is 0.941. The number of hydrogen-bond donors (Lipinski definition) is 1. The summed E-state index contributed by atoms with van der Waals surface area (Å²) in [4.78, 5) is 0. The van der Waals surface area contributed by atoms with Gasteiger partial charge in [0, 0.05) is 16.6 Å². The van der Waals surface area contributed by atoms with Crippen molar-refractivity contribution in [1.82, 2.24) is 5.32 Å². The predicted molar refractivity (Wildman–Crippen MR) is 81.5 cm³/mol. The van der Waals surface area contributed by atoms with E-state index in [1.165, 1.54) is 11.1 Å². The van der Waals surface area contributed by atoms with Gasteiger partial charge in [-0.3, -0.25) is 0 Å². The molecule has 0 fully saturated rings. The molecule has 0 amide bonds. The summed E-state index contributed by atoms with van der Waals surface area (Å²) in [7, 11) is 0. The highest BCUT2D eigenvalue weighted by atomic mass is 79.9. The molecule has 18 heavy (non-hydrogen) atoms. The minimum atomic E-state index is 0.128. The van der Waals surface area contributed by atoms with Crippen LogP contribution in [0.3, 0.4) is 0 Å². The molecule has 1 rings (SSSR count). The monoisotopic (exact) mass is 313 g/mol. The smallest absolute Gasteiger partial charge is 0.120 e. The van der Waals surface area contributed by atoms with E-state index in [-0.39, 0.29) is 11.6 Å². The first-order valence-electron chi connectivity index (χ1n) is 6.37. The number of ether oxygens (including phenoxy) is 1. The summed E-state index contributed by atoms with van der Waals surface area (Å²) in [6.45, 7) is 13.6. The molecule has 0 aliphatic rings. The van der Waals surface area contributed by atoms with Crippen LogP contribution in [0.2, 0.25) is 0 Å². The molecule has 0 radical (unpaired) electrons. The van der Waals surface area contributed by atoms with E-state index in [0.717, 1.165) is 16.8 Å². The first-order chi connectivity index (χ1) is 8.19. The Hall–Kier alpha value is -0.540. The maximum Gasteiger partial charge on any atom is 0.120 e. The van der Waals surface area contributed by atoms with E-state index in [9.17, 15) is 0 Å². The Balaban J connectivity index is 2.62. The lowest BCUT2D eigenvalue weighted by Gasteiger charge is -2.24. The van der Waals surface area contributed by atoms with Crippen molar-refractivity contribution in [3.05, 3.63) is 27.7 Å².